The highest BCUT2D eigenvalue weighted by Gasteiger charge is 2.24. The second-order valence-electron chi connectivity index (χ2n) is 7.92. The normalized spacial score (nSPS) is 15.9. The van der Waals surface area contributed by atoms with Gasteiger partial charge in [0.25, 0.3) is 0 Å². The number of fused-ring (bicyclic) bond motifs is 3. The average Bonchev–Trinajstić information content (AvgIpc) is 2.76. The van der Waals surface area contributed by atoms with E-state index in [4.69, 9.17) is 0 Å². The molecule has 0 saturated carbocycles. The van der Waals surface area contributed by atoms with Crippen molar-refractivity contribution in [3.05, 3.63) is 93.5 Å². The molecule has 3 aromatic carbocycles. The molecule has 26 heavy (non-hydrogen) atoms. The monoisotopic (exact) mass is 340 g/mol. The molecule has 4 rings (SSSR count). The predicted molar refractivity (Wildman–Crippen MR) is 112 cm³/mol. The third-order valence-electron chi connectivity index (χ3n) is 5.96. The first-order valence-electron chi connectivity index (χ1n) is 9.84. The molecule has 0 bridgehead atoms. The minimum absolute atomic E-state index is 0.546. The first-order valence-corrected chi connectivity index (χ1v) is 9.84. The summed E-state index contributed by atoms with van der Waals surface area (Å²) < 4.78 is 0. The van der Waals surface area contributed by atoms with Crippen LogP contribution in [0.15, 0.2) is 54.6 Å². The number of hydrogen-bond acceptors (Lipinski definition) is 0. The molecule has 1 aliphatic rings. The number of aryl methyl sites for hydroxylation is 4. The quantitative estimate of drug-likeness (QED) is 0.485. The Balaban J connectivity index is 1.90. The van der Waals surface area contributed by atoms with Gasteiger partial charge in [-0.3, -0.25) is 0 Å². The summed E-state index contributed by atoms with van der Waals surface area (Å²) in [6.07, 6.45) is 3.35. The fraction of sp³-hybridized carbons (Fsp3) is 0.308. The van der Waals surface area contributed by atoms with Crippen molar-refractivity contribution in [2.45, 2.75) is 52.9 Å². The van der Waals surface area contributed by atoms with Gasteiger partial charge in [0.1, 0.15) is 0 Å². The van der Waals surface area contributed by atoms with Crippen LogP contribution in [0.1, 0.15) is 51.8 Å². The van der Waals surface area contributed by atoms with Crippen molar-refractivity contribution < 1.29 is 0 Å². The van der Waals surface area contributed by atoms with Gasteiger partial charge in [0.15, 0.2) is 0 Å². The summed E-state index contributed by atoms with van der Waals surface area (Å²) in [5.41, 5.74) is 13.1. The fourth-order valence-corrected chi connectivity index (χ4v) is 4.90. The van der Waals surface area contributed by atoms with Crippen molar-refractivity contribution in [2.24, 2.45) is 0 Å². The van der Waals surface area contributed by atoms with Gasteiger partial charge in [0.05, 0.1) is 0 Å². The van der Waals surface area contributed by atoms with Gasteiger partial charge in [-0.05, 0) is 90.5 Å². The van der Waals surface area contributed by atoms with Crippen LogP contribution in [0.2, 0.25) is 0 Å². The predicted octanol–water partition coefficient (Wildman–Crippen LogP) is 6.72. The summed E-state index contributed by atoms with van der Waals surface area (Å²) >= 11 is 0. The molecule has 0 fully saturated rings. The van der Waals surface area contributed by atoms with Crippen LogP contribution in [-0.4, -0.2) is 0 Å². The lowest BCUT2D eigenvalue weighted by Crippen LogP contribution is -2.09. The van der Waals surface area contributed by atoms with Crippen LogP contribution in [0.3, 0.4) is 0 Å². The Hall–Kier alpha value is -2.34. The van der Waals surface area contributed by atoms with Crippen molar-refractivity contribution in [3.63, 3.8) is 0 Å². The third kappa shape index (κ3) is 2.98. The molecule has 0 heteroatoms. The highest BCUT2D eigenvalue weighted by molar-refractivity contribution is 5.72. The minimum atomic E-state index is 0.546. The zero-order valence-electron chi connectivity index (χ0n) is 16.4. The lowest BCUT2D eigenvalue weighted by Gasteiger charge is -2.22. The lowest BCUT2D eigenvalue weighted by atomic mass is 9.83. The van der Waals surface area contributed by atoms with Crippen LogP contribution in [0, 0.1) is 20.8 Å². The molecular formula is C26H28. The summed E-state index contributed by atoms with van der Waals surface area (Å²) in [6.45, 7) is 9.03. The Bertz CT molecular complexity index is 939. The van der Waals surface area contributed by atoms with Gasteiger partial charge < -0.3 is 0 Å². The lowest BCUT2D eigenvalue weighted by molar-refractivity contribution is 0.678. The van der Waals surface area contributed by atoms with Crippen LogP contribution in [-0.2, 0) is 19.3 Å². The van der Waals surface area contributed by atoms with Gasteiger partial charge in [-0.1, -0.05) is 67.1 Å². The van der Waals surface area contributed by atoms with E-state index in [9.17, 15) is 0 Å². The minimum Gasteiger partial charge on any atom is -0.0620 e. The van der Waals surface area contributed by atoms with Gasteiger partial charge in [-0.2, -0.15) is 0 Å². The van der Waals surface area contributed by atoms with Gasteiger partial charge in [-0.25, -0.2) is 0 Å². The molecule has 3 aromatic rings. The summed E-state index contributed by atoms with van der Waals surface area (Å²) in [7, 11) is 0. The topological polar surface area (TPSA) is 0 Å². The van der Waals surface area contributed by atoms with Crippen molar-refractivity contribution in [3.8, 4) is 11.1 Å². The van der Waals surface area contributed by atoms with Crippen LogP contribution >= 0.6 is 0 Å². The molecule has 0 amide bonds. The highest BCUT2D eigenvalue weighted by atomic mass is 14.3. The zero-order valence-corrected chi connectivity index (χ0v) is 16.4. The standard InChI is InChI=1S/C26H28/c1-5-20-10-11-25-22(14-20)16-23(15-21-8-6-7-9-24(21)25)26-18(3)12-17(2)13-19(26)4/h6-14,23H,5,15-16H2,1-4H3. The van der Waals surface area contributed by atoms with E-state index in [-0.39, 0.29) is 0 Å². The van der Waals surface area contributed by atoms with E-state index < -0.39 is 0 Å². The van der Waals surface area contributed by atoms with E-state index in [2.05, 4.69) is 82.3 Å². The maximum Gasteiger partial charge on any atom is -0.00753 e. The van der Waals surface area contributed by atoms with E-state index in [0.29, 0.717) is 5.92 Å². The molecule has 0 aliphatic heterocycles. The van der Waals surface area contributed by atoms with Gasteiger partial charge >= 0.3 is 0 Å². The second-order valence-corrected chi connectivity index (χ2v) is 7.92. The summed E-state index contributed by atoms with van der Waals surface area (Å²) in [5, 5.41) is 0. The highest BCUT2D eigenvalue weighted by Crippen LogP contribution is 2.40. The van der Waals surface area contributed by atoms with E-state index in [1.54, 1.807) is 5.56 Å². The van der Waals surface area contributed by atoms with E-state index in [1.807, 2.05) is 0 Å². The Morgan fingerprint density at radius 2 is 1.42 bits per heavy atom. The summed E-state index contributed by atoms with van der Waals surface area (Å²) in [5.74, 6) is 0.546. The smallest absolute Gasteiger partial charge is 0.00753 e. The first-order chi connectivity index (χ1) is 12.6. The molecule has 0 spiro atoms. The molecule has 132 valence electrons. The molecule has 0 heterocycles. The summed E-state index contributed by atoms with van der Waals surface area (Å²) in [4.78, 5) is 0. The second kappa shape index (κ2) is 6.76. The molecule has 1 atom stereocenters. The molecular weight excluding hydrogens is 312 g/mol. The summed E-state index contributed by atoms with van der Waals surface area (Å²) in [6, 6.07) is 20.8. The number of benzene rings is 3. The maximum atomic E-state index is 2.45. The number of rotatable bonds is 2. The zero-order chi connectivity index (χ0) is 18.3. The molecule has 1 unspecified atom stereocenters. The van der Waals surface area contributed by atoms with E-state index >= 15 is 0 Å². The first kappa shape index (κ1) is 17.1. The van der Waals surface area contributed by atoms with Crippen molar-refractivity contribution in [2.75, 3.05) is 0 Å². The average molecular weight is 341 g/mol. The van der Waals surface area contributed by atoms with Crippen LogP contribution in [0.4, 0.5) is 0 Å². The van der Waals surface area contributed by atoms with Crippen LogP contribution in [0.25, 0.3) is 11.1 Å². The van der Waals surface area contributed by atoms with Gasteiger partial charge in [0, 0.05) is 0 Å². The van der Waals surface area contributed by atoms with Crippen LogP contribution < -0.4 is 0 Å². The van der Waals surface area contributed by atoms with E-state index in [1.165, 1.54) is 44.5 Å². The van der Waals surface area contributed by atoms with Crippen molar-refractivity contribution in [1.29, 1.82) is 0 Å². The Morgan fingerprint density at radius 3 is 2.15 bits per heavy atom. The third-order valence-corrected chi connectivity index (χ3v) is 5.96. The van der Waals surface area contributed by atoms with Crippen molar-refractivity contribution >= 4 is 0 Å². The largest absolute Gasteiger partial charge is 0.0620 e. The Kier molecular flexibility index (Phi) is 4.44. The fourth-order valence-electron chi connectivity index (χ4n) is 4.90. The van der Waals surface area contributed by atoms with Crippen LogP contribution in [0.5, 0.6) is 0 Å². The molecule has 0 radical (unpaired) electrons. The molecule has 0 nitrogen and oxygen atoms in total. The SMILES string of the molecule is CCc1ccc2c(c1)CC(c1c(C)cc(C)cc1C)Cc1ccccc1-2. The molecule has 0 saturated heterocycles. The number of hydrogen-bond donors (Lipinski definition) is 0. The Morgan fingerprint density at radius 1 is 0.769 bits per heavy atom. The molecule has 1 aliphatic carbocycles. The maximum absolute atomic E-state index is 2.45. The molecule has 0 aromatic heterocycles. The van der Waals surface area contributed by atoms with Crippen molar-refractivity contribution in [1.82, 2.24) is 0 Å². The van der Waals surface area contributed by atoms with Gasteiger partial charge in [0.2, 0.25) is 0 Å². The molecule has 0 N–H and O–H groups in total. The Labute approximate surface area is 157 Å². The van der Waals surface area contributed by atoms with Gasteiger partial charge in [-0.15, -0.1) is 0 Å². The van der Waals surface area contributed by atoms with E-state index in [0.717, 1.165) is 19.3 Å².